The Hall–Kier alpha value is -3.16. The van der Waals surface area contributed by atoms with Crippen molar-refractivity contribution >= 4 is 57.5 Å². The summed E-state index contributed by atoms with van der Waals surface area (Å²) < 4.78 is 5.18. The van der Waals surface area contributed by atoms with E-state index in [9.17, 15) is 0 Å². The molecule has 0 saturated carbocycles. The Bertz CT molecular complexity index is 1200. The molecule has 0 unspecified atom stereocenters. The Balaban J connectivity index is 1.73. The molecule has 2 aromatic heterocycles. The molecule has 0 aliphatic heterocycles. The normalized spacial score (nSPS) is 10.8. The van der Waals surface area contributed by atoms with Crippen molar-refractivity contribution in [2.45, 2.75) is 6.92 Å². The third-order valence-electron chi connectivity index (χ3n) is 4.18. The number of nitrogens with one attached hydrogen (secondary N) is 2. The van der Waals surface area contributed by atoms with E-state index in [0.29, 0.717) is 44.4 Å². The molecule has 0 aliphatic carbocycles. The molecular weight excluding hydrogens is 411 g/mol. The van der Waals surface area contributed by atoms with Gasteiger partial charge in [0.2, 0.25) is 5.95 Å². The molecule has 4 rings (SSSR count). The molecule has 0 bridgehead atoms. The van der Waals surface area contributed by atoms with E-state index < -0.39 is 0 Å². The first kappa shape index (κ1) is 19.2. The summed E-state index contributed by atoms with van der Waals surface area (Å²) in [5, 5.41) is 7.59. The van der Waals surface area contributed by atoms with Gasteiger partial charge in [0.15, 0.2) is 17.0 Å². The number of hydrogen-bond acceptors (Lipinski definition) is 7. The Morgan fingerprint density at radius 1 is 0.931 bits per heavy atom. The average Bonchev–Trinajstić information content (AvgIpc) is 2.70. The summed E-state index contributed by atoms with van der Waals surface area (Å²) in [7, 11) is 1.57. The van der Waals surface area contributed by atoms with E-state index in [1.807, 2.05) is 31.2 Å². The van der Waals surface area contributed by atoms with Crippen LogP contribution in [0.5, 0.6) is 5.75 Å². The molecule has 0 atom stereocenters. The minimum atomic E-state index is 0.355. The van der Waals surface area contributed by atoms with Gasteiger partial charge in [0, 0.05) is 28.8 Å². The van der Waals surface area contributed by atoms with Gasteiger partial charge in [-0.3, -0.25) is 0 Å². The van der Waals surface area contributed by atoms with Crippen LogP contribution in [-0.4, -0.2) is 27.0 Å². The number of hydrogen-bond donors (Lipinski definition) is 2. The van der Waals surface area contributed by atoms with Crippen LogP contribution in [0.2, 0.25) is 10.0 Å². The number of nitrogens with zero attached hydrogens (tertiary/aromatic N) is 4. The molecule has 0 aliphatic rings. The molecule has 0 fully saturated rings. The predicted molar refractivity (Wildman–Crippen MR) is 116 cm³/mol. The topological polar surface area (TPSA) is 84.9 Å². The summed E-state index contributed by atoms with van der Waals surface area (Å²) in [4.78, 5) is 17.7. The van der Waals surface area contributed by atoms with E-state index >= 15 is 0 Å². The molecule has 2 aromatic carbocycles. The molecule has 0 amide bonds. The smallest absolute Gasteiger partial charge is 0.231 e. The molecule has 0 saturated heterocycles. The van der Waals surface area contributed by atoms with Gasteiger partial charge in [0.25, 0.3) is 0 Å². The summed E-state index contributed by atoms with van der Waals surface area (Å²) in [5.74, 6) is 1.46. The summed E-state index contributed by atoms with van der Waals surface area (Å²) in [6, 6.07) is 10.9. The Morgan fingerprint density at radius 3 is 2.52 bits per heavy atom. The van der Waals surface area contributed by atoms with Gasteiger partial charge in [0.1, 0.15) is 5.75 Å². The van der Waals surface area contributed by atoms with E-state index in [2.05, 4.69) is 30.6 Å². The Kier molecular flexibility index (Phi) is 5.33. The third kappa shape index (κ3) is 4.16. The van der Waals surface area contributed by atoms with Crippen molar-refractivity contribution in [1.82, 2.24) is 19.9 Å². The van der Waals surface area contributed by atoms with Crippen LogP contribution < -0.4 is 15.4 Å². The Morgan fingerprint density at radius 2 is 1.76 bits per heavy atom. The van der Waals surface area contributed by atoms with E-state index in [0.717, 1.165) is 11.3 Å². The highest BCUT2D eigenvalue weighted by Crippen LogP contribution is 2.30. The van der Waals surface area contributed by atoms with E-state index in [4.69, 9.17) is 27.9 Å². The lowest BCUT2D eigenvalue weighted by molar-refractivity contribution is 0.415. The van der Waals surface area contributed by atoms with Crippen LogP contribution >= 0.6 is 23.2 Å². The SMILES string of the molecule is COc1ccc(Nc2nc(Nc3ccc(Cl)cc3C)c3nccnc3n2)cc1Cl. The van der Waals surface area contributed by atoms with Crippen molar-refractivity contribution < 1.29 is 4.74 Å². The van der Waals surface area contributed by atoms with Crippen molar-refractivity contribution in [3.8, 4) is 5.75 Å². The zero-order valence-corrected chi connectivity index (χ0v) is 17.1. The fraction of sp³-hybridized carbons (Fsp3) is 0.100. The van der Waals surface area contributed by atoms with Crippen LogP contribution in [0.3, 0.4) is 0 Å². The quantitative estimate of drug-likeness (QED) is 0.433. The first-order valence-corrected chi connectivity index (χ1v) is 9.41. The number of aromatic nitrogens is 4. The van der Waals surface area contributed by atoms with Crippen LogP contribution in [0, 0.1) is 6.92 Å². The lowest BCUT2D eigenvalue weighted by Gasteiger charge is -2.13. The minimum absolute atomic E-state index is 0.355. The molecular formula is C20H16Cl2N6O. The molecule has 2 heterocycles. The van der Waals surface area contributed by atoms with Crippen LogP contribution in [0.4, 0.5) is 23.1 Å². The van der Waals surface area contributed by atoms with Crippen molar-refractivity contribution in [3.05, 3.63) is 64.4 Å². The maximum absolute atomic E-state index is 6.21. The monoisotopic (exact) mass is 426 g/mol. The van der Waals surface area contributed by atoms with Crippen LogP contribution in [0.25, 0.3) is 11.2 Å². The molecule has 7 nitrogen and oxygen atoms in total. The zero-order valence-electron chi connectivity index (χ0n) is 15.6. The van der Waals surface area contributed by atoms with Crippen LogP contribution in [-0.2, 0) is 0 Å². The van der Waals surface area contributed by atoms with Gasteiger partial charge in [-0.1, -0.05) is 23.2 Å². The second-order valence-corrected chi connectivity index (χ2v) is 7.03. The number of methoxy groups -OCH3 is 1. The maximum Gasteiger partial charge on any atom is 0.231 e. The largest absolute Gasteiger partial charge is 0.495 e. The number of halogens is 2. The number of ether oxygens (including phenoxy) is 1. The lowest BCUT2D eigenvalue weighted by atomic mass is 10.2. The standard InChI is InChI=1S/C20H16Cl2N6O/c1-11-9-12(21)3-5-15(11)26-19-17-18(24-8-7-23-17)27-20(28-19)25-13-4-6-16(29-2)14(22)10-13/h3-10H,1-2H3,(H2,24,25,26,27,28). The lowest BCUT2D eigenvalue weighted by Crippen LogP contribution is -2.04. The minimum Gasteiger partial charge on any atom is -0.495 e. The number of fused-ring (bicyclic) bond motifs is 1. The highest BCUT2D eigenvalue weighted by molar-refractivity contribution is 6.32. The summed E-state index contributed by atoms with van der Waals surface area (Å²) in [6.07, 6.45) is 3.18. The van der Waals surface area contributed by atoms with Gasteiger partial charge in [-0.2, -0.15) is 9.97 Å². The highest BCUT2D eigenvalue weighted by atomic mass is 35.5. The second kappa shape index (κ2) is 8.06. The molecule has 29 heavy (non-hydrogen) atoms. The van der Waals surface area contributed by atoms with E-state index in [1.54, 1.807) is 31.6 Å². The number of anilines is 4. The van der Waals surface area contributed by atoms with Gasteiger partial charge in [0.05, 0.1) is 12.1 Å². The average molecular weight is 427 g/mol. The van der Waals surface area contributed by atoms with Crippen molar-refractivity contribution in [2.75, 3.05) is 17.7 Å². The van der Waals surface area contributed by atoms with Gasteiger partial charge >= 0.3 is 0 Å². The second-order valence-electron chi connectivity index (χ2n) is 6.18. The summed E-state index contributed by atoms with van der Waals surface area (Å²) in [6.45, 7) is 1.96. The molecule has 146 valence electrons. The first-order valence-electron chi connectivity index (χ1n) is 8.66. The van der Waals surface area contributed by atoms with Crippen molar-refractivity contribution in [3.63, 3.8) is 0 Å². The zero-order chi connectivity index (χ0) is 20.4. The Labute approximate surface area is 177 Å². The number of benzene rings is 2. The summed E-state index contributed by atoms with van der Waals surface area (Å²) in [5.41, 5.74) is 3.56. The summed E-state index contributed by atoms with van der Waals surface area (Å²) >= 11 is 12.3. The fourth-order valence-corrected chi connectivity index (χ4v) is 3.26. The van der Waals surface area contributed by atoms with Gasteiger partial charge in [-0.15, -0.1) is 0 Å². The van der Waals surface area contributed by atoms with Gasteiger partial charge < -0.3 is 15.4 Å². The maximum atomic E-state index is 6.21. The van der Waals surface area contributed by atoms with E-state index in [-0.39, 0.29) is 0 Å². The van der Waals surface area contributed by atoms with Crippen molar-refractivity contribution in [1.29, 1.82) is 0 Å². The molecule has 4 aromatic rings. The molecule has 9 heteroatoms. The van der Waals surface area contributed by atoms with Crippen LogP contribution in [0.15, 0.2) is 48.8 Å². The van der Waals surface area contributed by atoms with Crippen LogP contribution in [0.1, 0.15) is 5.56 Å². The highest BCUT2D eigenvalue weighted by Gasteiger charge is 2.12. The van der Waals surface area contributed by atoms with Gasteiger partial charge in [-0.05, 0) is 48.9 Å². The number of aryl methyl sites for hydroxylation is 1. The molecule has 2 N–H and O–H groups in total. The molecule has 0 spiro atoms. The van der Waals surface area contributed by atoms with Gasteiger partial charge in [-0.25, -0.2) is 9.97 Å². The van der Waals surface area contributed by atoms with E-state index in [1.165, 1.54) is 0 Å². The first-order chi connectivity index (χ1) is 14.0. The molecule has 0 radical (unpaired) electrons. The predicted octanol–water partition coefficient (Wildman–Crippen LogP) is 5.53. The third-order valence-corrected chi connectivity index (χ3v) is 4.71. The fourth-order valence-electron chi connectivity index (χ4n) is 2.77. The number of rotatable bonds is 5. The van der Waals surface area contributed by atoms with Crippen molar-refractivity contribution in [2.24, 2.45) is 0 Å².